The van der Waals surface area contributed by atoms with Crippen LogP contribution in [-0.2, 0) is 35.1 Å². The Balaban J connectivity index is 1.12. The first-order valence-corrected chi connectivity index (χ1v) is 23.0. The van der Waals surface area contributed by atoms with E-state index in [0.717, 1.165) is 11.3 Å². The lowest BCUT2D eigenvalue weighted by Gasteiger charge is -2.32. The number of para-hydroxylation sites is 1. The Morgan fingerprint density at radius 1 is 0.882 bits per heavy atom. The van der Waals surface area contributed by atoms with Crippen LogP contribution >= 0.6 is 11.6 Å². The molecule has 0 saturated heterocycles. The van der Waals surface area contributed by atoms with Crippen LogP contribution in [0.3, 0.4) is 0 Å². The number of amides is 2. The number of benzene rings is 4. The molecule has 5 aromatic rings. The van der Waals surface area contributed by atoms with Gasteiger partial charge in [-0.15, -0.1) is 0 Å². The Hall–Kier alpha value is -6.45. The van der Waals surface area contributed by atoms with Gasteiger partial charge >= 0.3 is 11.9 Å². The molecule has 2 amide bonds. The zero-order chi connectivity index (χ0) is 48.9. The number of aliphatic hydroxyl groups excluding tert-OH is 2. The minimum atomic E-state index is -1.19. The minimum absolute atomic E-state index is 0.0115. The molecule has 1 aromatic heterocycles. The van der Waals surface area contributed by atoms with E-state index < -0.39 is 47.7 Å². The smallest absolute Gasteiger partial charge is 0.336 e. The Bertz CT molecular complexity index is 2620. The number of carbonyl (C=O) groups is 4. The van der Waals surface area contributed by atoms with Crippen LogP contribution in [-0.4, -0.2) is 89.9 Å². The molecule has 0 fully saturated rings. The summed E-state index contributed by atoms with van der Waals surface area (Å²) < 4.78 is 32.7. The average Bonchev–Trinajstić information content (AvgIpc) is 3.67. The van der Waals surface area contributed by atoms with Crippen molar-refractivity contribution in [3.8, 4) is 22.4 Å². The maximum atomic E-state index is 14.4. The van der Waals surface area contributed by atoms with Crippen LogP contribution in [0.4, 0.5) is 10.1 Å². The highest BCUT2D eigenvalue weighted by atomic mass is 35.5. The summed E-state index contributed by atoms with van der Waals surface area (Å²) in [5, 5.41) is 28.4. The zero-order valence-electron chi connectivity index (χ0n) is 38.8. The molecule has 4 N–H and O–H groups in total. The Morgan fingerprint density at radius 2 is 1.54 bits per heavy atom. The van der Waals surface area contributed by atoms with Crippen LogP contribution in [0.15, 0.2) is 125 Å². The van der Waals surface area contributed by atoms with Gasteiger partial charge in [0.1, 0.15) is 11.7 Å². The molecular formula is C53H58ClFN4O9. The summed E-state index contributed by atoms with van der Waals surface area (Å²) in [5.74, 6) is -4.46. The van der Waals surface area contributed by atoms with E-state index >= 15 is 0 Å². The number of nitrogens with zero attached hydrogens (tertiary/aromatic N) is 2. The van der Waals surface area contributed by atoms with Gasteiger partial charge in [-0.3, -0.25) is 19.4 Å². The van der Waals surface area contributed by atoms with Crippen molar-refractivity contribution >= 4 is 46.8 Å². The number of hydrogen-bond acceptors (Lipinski definition) is 10. The third-order valence-electron chi connectivity index (χ3n) is 11.7. The third-order valence-corrected chi connectivity index (χ3v) is 12.0. The number of aromatic nitrogens is 1. The minimum Gasteiger partial charge on any atom is -0.468 e. The van der Waals surface area contributed by atoms with E-state index in [9.17, 15) is 33.8 Å². The first kappa shape index (κ1) is 51.0. The summed E-state index contributed by atoms with van der Waals surface area (Å²) in [4.78, 5) is 58.5. The number of halogens is 2. The molecule has 1 aliphatic heterocycles. The van der Waals surface area contributed by atoms with Crippen molar-refractivity contribution in [1.82, 2.24) is 9.88 Å². The van der Waals surface area contributed by atoms with Crippen LogP contribution in [0.1, 0.15) is 80.4 Å². The molecule has 0 radical (unpaired) electrons. The number of carbonyl (C=O) groups excluding carboxylic acids is 4. The molecule has 358 valence electrons. The van der Waals surface area contributed by atoms with Crippen LogP contribution in [0, 0.1) is 11.7 Å². The quantitative estimate of drug-likeness (QED) is 0.0413. The van der Waals surface area contributed by atoms with E-state index in [0.29, 0.717) is 44.4 Å². The summed E-state index contributed by atoms with van der Waals surface area (Å²) in [7, 11) is 1.26. The second-order valence-corrected chi connectivity index (χ2v) is 17.2. The van der Waals surface area contributed by atoms with E-state index in [2.05, 4.69) is 15.6 Å². The lowest BCUT2D eigenvalue weighted by atomic mass is 9.75. The Morgan fingerprint density at radius 3 is 2.19 bits per heavy atom. The van der Waals surface area contributed by atoms with Gasteiger partial charge in [0.05, 0.1) is 68.1 Å². The van der Waals surface area contributed by atoms with Gasteiger partial charge in [-0.1, -0.05) is 92.2 Å². The lowest BCUT2D eigenvalue weighted by Crippen LogP contribution is -2.37. The third kappa shape index (κ3) is 12.4. The summed E-state index contributed by atoms with van der Waals surface area (Å²) >= 11 is 6.60. The van der Waals surface area contributed by atoms with Crippen molar-refractivity contribution in [3.63, 3.8) is 0 Å². The maximum Gasteiger partial charge on any atom is 0.336 e. The number of anilines is 1. The SMILES string of the molecule is CCOC(=O)C1=C(COCCNC(=O)C[C@H](O)C[C@H](O)CCn2c(-c3ccc(F)cc3)c(-c3ccccc3)c(C(=O)Nc3ccccc3)c2C(C)C)N=C(C)C(C(=O)OC)C1c1ccccc1Cl. The van der Waals surface area contributed by atoms with Gasteiger partial charge in [-0.2, -0.15) is 0 Å². The standard InChI is InChI=1S/C53H58ClFN4O9/c1-6-68-53(65)47-42(57-33(4)44(52(64)66-5)46(47)40-19-13-14-20-41(40)54)31-67-28-26-56-43(62)30-39(61)29-38(60)25-27-59-49(32(2)3)48(51(63)58-37-17-11-8-12-18-37)45(34-15-9-7-10-16-34)50(59)35-21-23-36(55)24-22-35/h7-24,32,38-39,44,46,60-61H,6,25-31H2,1-5H3,(H,56,62)(H,58,63)/t38-,39-,44?,46?/m1/s1. The summed E-state index contributed by atoms with van der Waals surface area (Å²) in [6, 6.07) is 31.6. The lowest BCUT2D eigenvalue weighted by molar-refractivity contribution is -0.144. The molecule has 0 bridgehead atoms. The zero-order valence-corrected chi connectivity index (χ0v) is 39.6. The van der Waals surface area contributed by atoms with E-state index in [1.807, 2.05) is 79.1 Å². The van der Waals surface area contributed by atoms with Gasteiger partial charge < -0.3 is 39.6 Å². The van der Waals surface area contributed by atoms with E-state index in [1.54, 1.807) is 50.2 Å². The molecule has 0 spiro atoms. The van der Waals surface area contributed by atoms with Crippen molar-refractivity contribution in [3.05, 3.63) is 148 Å². The fraction of sp³-hybridized carbons (Fsp3) is 0.340. The van der Waals surface area contributed by atoms with E-state index in [1.165, 1.54) is 19.2 Å². The van der Waals surface area contributed by atoms with Crippen LogP contribution in [0.25, 0.3) is 22.4 Å². The average molecular weight is 950 g/mol. The number of rotatable bonds is 21. The Labute approximate surface area is 401 Å². The summed E-state index contributed by atoms with van der Waals surface area (Å²) in [6.45, 7) is 7.52. The van der Waals surface area contributed by atoms with E-state index in [-0.39, 0.29) is 75.3 Å². The van der Waals surface area contributed by atoms with Crippen LogP contribution in [0.5, 0.6) is 0 Å². The van der Waals surface area contributed by atoms with Gasteiger partial charge in [0.15, 0.2) is 0 Å². The van der Waals surface area contributed by atoms with Gasteiger partial charge in [0, 0.05) is 46.7 Å². The monoisotopic (exact) mass is 948 g/mol. The summed E-state index contributed by atoms with van der Waals surface area (Å²) in [6.07, 6.45) is -2.47. The second kappa shape index (κ2) is 24.0. The number of esters is 2. The van der Waals surface area contributed by atoms with Crippen molar-refractivity contribution < 1.29 is 48.0 Å². The van der Waals surface area contributed by atoms with Gasteiger partial charge in [-0.25, -0.2) is 9.18 Å². The molecule has 2 unspecified atom stereocenters. The number of ether oxygens (including phenoxy) is 3. The molecule has 0 aliphatic carbocycles. The van der Waals surface area contributed by atoms with Crippen LogP contribution in [0.2, 0.25) is 5.02 Å². The number of nitrogens with one attached hydrogen (secondary N) is 2. The Kier molecular flexibility index (Phi) is 18.0. The van der Waals surface area contributed by atoms with Gasteiger partial charge in [0.2, 0.25) is 5.91 Å². The number of methoxy groups -OCH3 is 1. The fourth-order valence-corrected chi connectivity index (χ4v) is 8.96. The molecule has 6 rings (SSSR count). The molecule has 2 heterocycles. The van der Waals surface area contributed by atoms with Crippen molar-refractivity contribution in [2.45, 2.75) is 77.5 Å². The molecule has 4 atom stereocenters. The first-order chi connectivity index (χ1) is 32.7. The molecule has 15 heteroatoms. The second-order valence-electron chi connectivity index (χ2n) is 16.8. The molecule has 68 heavy (non-hydrogen) atoms. The number of hydrogen-bond donors (Lipinski definition) is 4. The first-order valence-electron chi connectivity index (χ1n) is 22.7. The van der Waals surface area contributed by atoms with Crippen LogP contribution < -0.4 is 10.6 Å². The normalized spacial score (nSPS) is 15.6. The maximum absolute atomic E-state index is 14.4. The predicted octanol–water partition coefficient (Wildman–Crippen LogP) is 8.88. The molecule has 13 nitrogen and oxygen atoms in total. The predicted molar refractivity (Wildman–Crippen MR) is 260 cm³/mol. The van der Waals surface area contributed by atoms with E-state index in [4.69, 9.17) is 25.8 Å². The fourth-order valence-electron chi connectivity index (χ4n) is 8.71. The molecule has 1 aliphatic rings. The topological polar surface area (TPSA) is 178 Å². The number of aliphatic imine (C=N–C) groups is 1. The molecular weight excluding hydrogens is 891 g/mol. The van der Waals surface area contributed by atoms with Gasteiger partial charge in [-0.05, 0) is 91.8 Å². The molecule has 0 saturated carbocycles. The molecule has 4 aromatic carbocycles. The highest BCUT2D eigenvalue weighted by molar-refractivity contribution is 6.31. The van der Waals surface area contributed by atoms with Crippen molar-refractivity contribution in [2.75, 3.05) is 38.8 Å². The largest absolute Gasteiger partial charge is 0.468 e. The van der Waals surface area contributed by atoms with Crippen molar-refractivity contribution in [1.29, 1.82) is 0 Å². The summed E-state index contributed by atoms with van der Waals surface area (Å²) in [5.41, 5.74) is 5.86. The highest BCUT2D eigenvalue weighted by Gasteiger charge is 2.44. The number of aliphatic hydroxyl groups is 2. The van der Waals surface area contributed by atoms with Crippen molar-refractivity contribution in [2.24, 2.45) is 10.9 Å². The van der Waals surface area contributed by atoms with Gasteiger partial charge in [0.25, 0.3) is 5.91 Å². The highest BCUT2D eigenvalue weighted by Crippen LogP contribution is 2.44.